The molecule has 2 heterocycles. The summed E-state index contributed by atoms with van der Waals surface area (Å²) in [6.45, 7) is 0. The first-order valence-electron chi connectivity index (χ1n) is 7.43. The lowest BCUT2D eigenvalue weighted by atomic mass is 10.0. The van der Waals surface area contributed by atoms with E-state index in [1.54, 1.807) is 0 Å². The van der Waals surface area contributed by atoms with E-state index in [-0.39, 0.29) is 10.8 Å². The molecule has 1 aromatic rings. The number of alkyl halides is 4. The zero-order valence-corrected chi connectivity index (χ0v) is 18.2. The lowest BCUT2D eigenvalue weighted by Crippen LogP contribution is -2.45. The molecule has 32 heavy (non-hydrogen) atoms. The Labute approximate surface area is 178 Å². The number of nitrogen functional groups attached to an aromatic ring is 1. The molecule has 0 spiro atoms. The highest BCUT2D eigenvalue weighted by Gasteiger charge is 2.68. The van der Waals surface area contributed by atoms with Crippen molar-refractivity contribution in [2.45, 2.75) is 30.8 Å². The van der Waals surface area contributed by atoms with E-state index in [0.717, 1.165) is 0 Å². The van der Waals surface area contributed by atoms with Crippen molar-refractivity contribution in [3.63, 3.8) is 0 Å². The Morgan fingerprint density at radius 3 is 2.28 bits per heavy atom. The number of hydrogen-bond acceptors (Lipinski definition) is 10. The molecule has 1 aliphatic rings. The van der Waals surface area contributed by atoms with Crippen LogP contribution >= 0.6 is 35.7 Å². The van der Waals surface area contributed by atoms with Gasteiger partial charge in [0.15, 0.2) is 24.2 Å². The highest BCUT2D eigenvalue weighted by molar-refractivity contribution is 7.71. The average molecular weight is 557 g/mol. The van der Waals surface area contributed by atoms with Gasteiger partial charge in [0.05, 0.1) is 0 Å². The van der Waals surface area contributed by atoms with E-state index < -0.39 is 70.7 Å². The molecule has 0 amide bonds. The van der Waals surface area contributed by atoms with Crippen molar-refractivity contribution < 1.29 is 73.1 Å². The molecule has 3 unspecified atom stereocenters. The maximum Gasteiger partial charge on any atom is 0.490 e. The maximum absolute atomic E-state index is 14.9. The van der Waals surface area contributed by atoms with Gasteiger partial charge in [-0.1, -0.05) is 0 Å². The van der Waals surface area contributed by atoms with Crippen LogP contribution < -0.4 is 5.73 Å². The summed E-state index contributed by atoms with van der Waals surface area (Å²) in [6, 6.07) is 0. The summed E-state index contributed by atoms with van der Waals surface area (Å²) in [7, 11) is -17.8. The number of phosphoric ester groups is 1. The van der Waals surface area contributed by atoms with Gasteiger partial charge in [0.1, 0.15) is 0 Å². The zero-order chi connectivity index (χ0) is 24.9. The average Bonchev–Trinajstić information content (AvgIpc) is 2.83. The van der Waals surface area contributed by atoms with Crippen LogP contribution in [0.25, 0.3) is 0 Å². The third-order valence-corrected chi connectivity index (χ3v) is 7.59. The first kappa shape index (κ1) is 27.4. The smallest absolute Gasteiger partial charge is 0.381 e. The Morgan fingerprint density at radius 1 is 1.22 bits per heavy atom. The molecule has 1 saturated heterocycles. The third-order valence-electron chi connectivity index (χ3n) is 3.46. The topological polar surface area (TPSA) is 213 Å². The van der Waals surface area contributed by atoms with Crippen molar-refractivity contribution in [2.75, 3.05) is 5.73 Å². The van der Waals surface area contributed by atoms with E-state index in [0.29, 0.717) is 0 Å². The number of nitrogens with two attached hydrogens (primary N) is 1. The van der Waals surface area contributed by atoms with Crippen LogP contribution in [-0.4, -0.2) is 47.3 Å². The summed E-state index contributed by atoms with van der Waals surface area (Å²) in [5.41, 5.74) is 0.664. The second-order valence-corrected chi connectivity index (χ2v) is 10.6. The second kappa shape index (κ2) is 8.72. The van der Waals surface area contributed by atoms with Crippen molar-refractivity contribution in [1.29, 1.82) is 0 Å². The van der Waals surface area contributed by atoms with Gasteiger partial charge >= 0.3 is 29.6 Å². The minimum Gasteiger partial charge on any atom is -0.381 e. The van der Waals surface area contributed by atoms with Crippen LogP contribution in [0.1, 0.15) is 12.6 Å². The Balaban J connectivity index is 2.36. The highest BCUT2D eigenvalue weighted by Crippen LogP contribution is 2.67. The largest absolute Gasteiger partial charge is 0.490 e. The molecule has 184 valence electrons. The number of rotatable bonds is 7. The molecule has 23 heteroatoms. The second-order valence-electron chi connectivity index (χ2n) is 5.84. The molecule has 0 aromatic carbocycles. The number of anilines is 1. The lowest BCUT2D eigenvalue weighted by Gasteiger charge is -2.29. The summed E-state index contributed by atoms with van der Waals surface area (Å²) in [5.74, 6) is -2.27. The molecule has 0 aliphatic carbocycles. The van der Waals surface area contributed by atoms with E-state index >= 15 is 0 Å². The molecule has 6 N–H and O–H groups in total. The van der Waals surface area contributed by atoms with Gasteiger partial charge in [-0.05, 0) is 12.2 Å². The van der Waals surface area contributed by atoms with Crippen LogP contribution in [0.4, 0.5) is 27.8 Å². The number of phosphoric acid groups is 3. The van der Waals surface area contributed by atoms with Gasteiger partial charge < -0.3 is 30.0 Å². The van der Waals surface area contributed by atoms with Gasteiger partial charge in [0.2, 0.25) is 4.77 Å². The monoisotopic (exact) mass is 557 g/mol. The minimum absolute atomic E-state index is 0.0505. The Morgan fingerprint density at radius 2 is 1.78 bits per heavy atom. The number of nitrogens with zero attached hydrogens (tertiary/aromatic N) is 2. The number of halogens is 5. The Bertz CT molecular complexity index is 1100. The summed E-state index contributed by atoms with van der Waals surface area (Å²) >= 11 is 4.59. The van der Waals surface area contributed by atoms with E-state index in [4.69, 9.17) is 20.4 Å². The standard InChI is InChI=1S/C9H11F5N3O11P3S/c10-3-2-17(7(32)16-5(3)15)6-8(11,9(12,13)14)1-4(25-6)26-30(21,22)28-31(23,24)27-29(18,19)20/h2,4,6H,1H2,(H,21,22)(H,23,24)(H2,15,16,32)(H2,18,19,20)/t4-,6?,8-/m1/s1. The van der Waals surface area contributed by atoms with Crippen LogP contribution in [0, 0.1) is 10.6 Å². The molecular formula is C9H11F5N3O11P3S. The molecule has 1 fully saturated rings. The van der Waals surface area contributed by atoms with E-state index in [9.17, 15) is 40.5 Å². The molecule has 0 saturated carbocycles. The van der Waals surface area contributed by atoms with Gasteiger partial charge in [-0.25, -0.2) is 22.5 Å². The first-order chi connectivity index (χ1) is 14.2. The molecule has 1 aliphatic heterocycles. The van der Waals surface area contributed by atoms with E-state index in [2.05, 4.69) is 35.1 Å². The fraction of sp³-hybridized carbons (Fsp3) is 0.556. The van der Waals surface area contributed by atoms with Gasteiger partial charge in [-0.2, -0.15) is 26.8 Å². The van der Waals surface area contributed by atoms with Crippen molar-refractivity contribution >= 4 is 41.5 Å². The summed E-state index contributed by atoms with van der Waals surface area (Å²) < 4.78 is 117. The van der Waals surface area contributed by atoms with Crippen LogP contribution in [-0.2, 0) is 31.6 Å². The molecular weight excluding hydrogens is 546 g/mol. The van der Waals surface area contributed by atoms with Gasteiger partial charge in [-0.15, -0.1) is 0 Å². The molecule has 0 radical (unpaired) electrons. The van der Waals surface area contributed by atoms with Crippen molar-refractivity contribution in [2.24, 2.45) is 0 Å². The van der Waals surface area contributed by atoms with E-state index in [1.807, 2.05) is 0 Å². The third kappa shape index (κ3) is 6.37. The maximum atomic E-state index is 14.9. The van der Waals surface area contributed by atoms with Crippen LogP contribution in [0.5, 0.6) is 0 Å². The molecule has 1 aromatic heterocycles. The fourth-order valence-electron chi connectivity index (χ4n) is 2.32. The summed E-state index contributed by atoms with van der Waals surface area (Å²) in [4.78, 5) is 38.5. The normalized spacial score (nSPS) is 28.3. The van der Waals surface area contributed by atoms with Gasteiger partial charge in [0, 0.05) is 12.6 Å². The number of aromatic nitrogens is 2. The van der Waals surface area contributed by atoms with Gasteiger partial charge in [-0.3, -0.25) is 9.09 Å². The van der Waals surface area contributed by atoms with Gasteiger partial charge in [0.25, 0.3) is 5.67 Å². The number of hydrogen-bond donors (Lipinski definition) is 5. The highest BCUT2D eigenvalue weighted by atomic mass is 32.1. The first-order valence-corrected chi connectivity index (χ1v) is 12.4. The SMILES string of the molecule is Nc1nc(=S)n(C2O[C@H](OP(=O)(O)OP(=O)(O)OP(=O)(O)O)C[C@]2(F)C(F)(F)F)cc1F. The Hall–Kier alpha value is -0.880. The van der Waals surface area contributed by atoms with Crippen LogP contribution in [0.2, 0.25) is 0 Å². The van der Waals surface area contributed by atoms with Crippen molar-refractivity contribution in [3.8, 4) is 0 Å². The quantitative estimate of drug-likeness (QED) is 0.185. The molecule has 14 nitrogen and oxygen atoms in total. The molecule has 5 atom stereocenters. The zero-order valence-electron chi connectivity index (χ0n) is 14.7. The van der Waals surface area contributed by atoms with Crippen LogP contribution in [0.3, 0.4) is 0 Å². The summed E-state index contributed by atoms with van der Waals surface area (Å²) in [6.07, 6.45) is -13.0. The number of ether oxygens (including phenoxy) is 1. The van der Waals surface area contributed by atoms with Crippen molar-refractivity contribution in [1.82, 2.24) is 9.55 Å². The predicted octanol–water partition coefficient (Wildman–Crippen LogP) is 2.19. The van der Waals surface area contributed by atoms with Crippen LogP contribution in [0.15, 0.2) is 6.20 Å². The minimum atomic E-state index is -6.02. The molecule has 0 bridgehead atoms. The fourth-order valence-corrected chi connectivity index (χ4v) is 5.65. The lowest BCUT2D eigenvalue weighted by molar-refractivity contribution is -0.257. The predicted molar refractivity (Wildman–Crippen MR) is 90.8 cm³/mol. The summed E-state index contributed by atoms with van der Waals surface area (Å²) in [5, 5.41) is 0. The Kier molecular flexibility index (Phi) is 7.46. The van der Waals surface area contributed by atoms with E-state index in [1.165, 1.54) is 0 Å². The molecule has 2 rings (SSSR count). The van der Waals surface area contributed by atoms with Crippen molar-refractivity contribution in [3.05, 3.63) is 16.8 Å².